The number of rotatable bonds is 6. The summed E-state index contributed by atoms with van der Waals surface area (Å²) >= 11 is 0. The van der Waals surface area contributed by atoms with Crippen molar-refractivity contribution in [3.8, 4) is 0 Å². The van der Waals surface area contributed by atoms with Gasteiger partial charge in [-0.2, -0.15) is 0 Å². The van der Waals surface area contributed by atoms with Crippen LogP contribution in [0.4, 0.5) is 0 Å². The fourth-order valence-corrected chi connectivity index (χ4v) is 0.765. The van der Waals surface area contributed by atoms with Gasteiger partial charge in [0.2, 0.25) is 5.91 Å². The molecule has 1 amide bonds. The molecule has 0 aromatic rings. The van der Waals surface area contributed by atoms with Gasteiger partial charge in [-0.15, -0.1) is 0 Å². The average Bonchev–Trinajstić information content (AvgIpc) is 2.21. The maximum atomic E-state index is 11.3. The SMILES string of the molecule is CCOCCNC(=O)C(C)C(N)=NO. The first-order valence-electron chi connectivity index (χ1n) is 4.46. The van der Waals surface area contributed by atoms with Crippen molar-refractivity contribution in [2.75, 3.05) is 19.8 Å². The normalized spacial score (nSPS) is 13.7. The lowest BCUT2D eigenvalue weighted by atomic mass is 10.1. The fraction of sp³-hybridized carbons (Fsp3) is 0.750. The molecule has 1 atom stereocenters. The summed E-state index contributed by atoms with van der Waals surface area (Å²) < 4.78 is 5.02. The number of amidine groups is 1. The number of hydrogen-bond donors (Lipinski definition) is 3. The molecule has 0 saturated heterocycles. The van der Waals surface area contributed by atoms with Gasteiger partial charge in [0, 0.05) is 13.2 Å². The van der Waals surface area contributed by atoms with E-state index < -0.39 is 5.92 Å². The van der Waals surface area contributed by atoms with Crippen molar-refractivity contribution in [1.29, 1.82) is 0 Å². The lowest BCUT2D eigenvalue weighted by molar-refractivity contribution is -0.122. The zero-order chi connectivity index (χ0) is 11.0. The zero-order valence-electron chi connectivity index (χ0n) is 8.49. The van der Waals surface area contributed by atoms with Crippen molar-refractivity contribution in [3.05, 3.63) is 0 Å². The van der Waals surface area contributed by atoms with Crippen molar-refractivity contribution in [2.45, 2.75) is 13.8 Å². The molecule has 0 fully saturated rings. The summed E-state index contributed by atoms with van der Waals surface area (Å²) in [6.07, 6.45) is 0. The van der Waals surface area contributed by atoms with Gasteiger partial charge >= 0.3 is 0 Å². The molecule has 1 unspecified atom stereocenters. The van der Waals surface area contributed by atoms with Gasteiger partial charge in [0.1, 0.15) is 0 Å². The lowest BCUT2D eigenvalue weighted by Gasteiger charge is -2.10. The Kier molecular flexibility index (Phi) is 6.47. The predicted octanol–water partition coefficient (Wildman–Crippen LogP) is -0.478. The maximum absolute atomic E-state index is 11.3. The number of amides is 1. The van der Waals surface area contributed by atoms with Gasteiger partial charge in [-0.1, -0.05) is 5.16 Å². The van der Waals surface area contributed by atoms with E-state index in [4.69, 9.17) is 15.7 Å². The van der Waals surface area contributed by atoms with E-state index in [1.165, 1.54) is 0 Å². The Morgan fingerprint density at radius 1 is 1.71 bits per heavy atom. The second kappa shape index (κ2) is 7.14. The van der Waals surface area contributed by atoms with E-state index >= 15 is 0 Å². The van der Waals surface area contributed by atoms with Crippen LogP contribution in [0.15, 0.2) is 5.16 Å². The molecule has 6 nitrogen and oxygen atoms in total. The quantitative estimate of drug-likeness (QED) is 0.178. The van der Waals surface area contributed by atoms with Crippen LogP contribution in [-0.4, -0.2) is 36.7 Å². The van der Waals surface area contributed by atoms with Crippen LogP contribution < -0.4 is 11.1 Å². The van der Waals surface area contributed by atoms with Gasteiger partial charge < -0.3 is 21.0 Å². The highest BCUT2D eigenvalue weighted by atomic mass is 16.5. The highest BCUT2D eigenvalue weighted by Crippen LogP contribution is 1.93. The summed E-state index contributed by atoms with van der Waals surface area (Å²) in [7, 11) is 0. The van der Waals surface area contributed by atoms with Gasteiger partial charge in [-0.3, -0.25) is 4.79 Å². The molecule has 0 aromatic heterocycles. The number of nitrogens with one attached hydrogen (secondary N) is 1. The monoisotopic (exact) mass is 203 g/mol. The first kappa shape index (κ1) is 12.7. The molecule has 4 N–H and O–H groups in total. The third-order valence-corrected chi connectivity index (χ3v) is 1.70. The molecule has 14 heavy (non-hydrogen) atoms. The minimum atomic E-state index is -0.623. The molecule has 82 valence electrons. The van der Waals surface area contributed by atoms with Crippen molar-refractivity contribution in [3.63, 3.8) is 0 Å². The van der Waals surface area contributed by atoms with Crippen LogP contribution in [0.5, 0.6) is 0 Å². The third-order valence-electron chi connectivity index (χ3n) is 1.70. The van der Waals surface area contributed by atoms with E-state index in [0.717, 1.165) is 0 Å². The molecule has 0 saturated carbocycles. The highest BCUT2D eigenvalue weighted by molar-refractivity contribution is 6.01. The molecule has 0 aliphatic rings. The standard InChI is InChI=1S/C8H17N3O3/c1-3-14-5-4-10-8(12)6(2)7(9)11-13/h6,13H,3-5H2,1-2H3,(H2,9,11)(H,10,12). The van der Waals surface area contributed by atoms with Crippen LogP contribution in [-0.2, 0) is 9.53 Å². The molecule has 0 heterocycles. The number of ether oxygens (including phenoxy) is 1. The van der Waals surface area contributed by atoms with Crippen LogP contribution >= 0.6 is 0 Å². The van der Waals surface area contributed by atoms with Gasteiger partial charge in [0.25, 0.3) is 0 Å². The summed E-state index contributed by atoms with van der Waals surface area (Å²) in [5, 5.41) is 13.7. The fourth-order valence-electron chi connectivity index (χ4n) is 0.765. The van der Waals surface area contributed by atoms with Crippen molar-refractivity contribution in [2.24, 2.45) is 16.8 Å². The average molecular weight is 203 g/mol. The Labute approximate surface area is 83.1 Å². The summed E-state index contributed by atoms with van der Waals surface area (Å²) in [4.78, 5) is 11.3. The molecule has 0 radical (unpaired) electrons. The maximum Gasteiger partial charge on any atom is 0.230 e. The number of hydrogen-bond acceptors (Lipinski definition) is 4. The number of carbonyl (C=O) groups excluding carboxylic acids is 1. The first-order valence-corrected chi connectivity index (χ1v) is 4.46. The molecule has 0 aliphatic carbocycles. The molecule has 0 rings (SSSR count). The molecular weight excluding hydrogens is 186 g/mol. The minimum absolute atomic E-state index is 0.0982. The molecule has 0 aromatic carbocycles. The Morgan fingerprint density at radius 3 is 2.86 bits per heavy atom. The van der Waals surface area contributed by atoms with Crippen molar-refractivity contribution < 1.29 is 14.7 Å². The lowest BCUT2D eigenvalue weighted by Crippen LogP contribution is -2.38. The van der Waals surface area contributed by atoms with E-state index in [9.17, 15) is 4.79 Å². The third kappa shape index (κ3) is 4.66. The van der Waals surface area contributed by atoms with Crippen LogP contribution in [0, 0.1) is 5.92 Å². The molecular formula is C8H17N3O3. The van der Waals surface area contributed by atoms with Crippen molar-refractivity contribution >= 4 is 11.7 Å². The van der Waals surface area contributed by atoms with Crippen LogP contribution in [0.2, 0.25) is 0 Å². The Balaban J connectivity index is 3.74. The largest absolute Gasteiger partial charge is 0.409 e. The van der Waals surface area contributed by atoms with E-state index in [1.54, 1.807) is 6.92 Å². The summed E-state index contributed by atoms with van der Waals surface area (Å²) in [6.45, 7) is 4.94. The molecule has 0 bridgehead atoms. The van der Waals surface area contributed by atoms with Gasteiger partial charge in [0.05, 0.1) is 12.5 Å². The number of nitrogens with zero attached hydrogens (tertiary/aromatic N) is 1. The second-order valence-corrected chi connectivity index (χ2v) is 2.73. The zero-order valence-corrected chi connectivity index (χ0v) is 8.49. The number of carbonyl (C=O) groups is 1. The predicted molar refractivity (Wildman–Crippen MR) is 52.1 cm³/mol. The Morgan fingerprint density at radius 2 is 2.36 bits per heavy atom. The van der Waals surface area contributed by atoms with Crippen molar-refractivity contribution in [1.82, 2.24) is 5.32 Å². The van der Waals surface area contributed by atoms with Gasteiger partial charge in [-0.25, -0.2) is 0 Å². The van der Waals surface area contributed by atoms with Crippen LogP contribution in [0.25, 0.3) is 0 Å². The summed E-state index contributed by atoms with van der Waals surface area (Å²) in [6, 6.07) is 0. The molecule has 0 spiro atoms. The van der Waals surface area contributed by atoms with Gasteiger partial charge in [-0.05, 0) is 13.8 Å². The van der Waals surface area contributed by atoms with E-state index in [2.05, 4.69) is 10.5 Å². The van der Waals surface area contributed by atoms with E-state index in [0.29, 0.717) is 19.8 Å². The minimum Gasteiger partial charge on any atom is -0.409 e. The molecule has 0 aliphatic heterocycles. The van der Waals surface area contributed by atoms with E-state index in [1.807, 2.05) is 6.92 Å². The number of oxime groups is 1. The summed E-state index contributed by atoms with van der Waals surface area (Å²) in [5.74, 6) is -1.000. The summed E-state index contributed by atoms with van der Waals surface area (Å²) in [5.41, 5.74) is 5.26. The topological polar surface area (TPSA) is 96.9 Å². The molecule has 6 heteroatoms. The highest BCUT2D eigenvalue weighted by Gasteiger charge is 2.16. The second-order valence-electron chi connectivity index (χ2n) is 2.73. The first-order chi connectivity index (χ1) is 6.63. The van der Waals surface area contributed by atoms with Crippen LogP contribution in [0.1, 0.15) is 13.8 Å². The smallest absolute Gasteiger partial charge is 0.230 e. The van der Waals surface area contributed by atoms with Crippen LogP contribution in [0.3, 0.4) is 0 Å². The Hall–Kier alpha value is -1.30. The van der Waals surface area contributed by atoms with Gasteiger partial charge in [0.15, 0.2) is 5.84 Å². The van der Waals surface area contributed by atoms with E-state index in [-0.39, 0.29) is 11.7 Å². The Bertz CT molecular complexity index is 206. The number of nitrogens with two attached hydrogens (primary N) is 1.